The molecule has 0 bridgehead atoms. The lowest BCUT2D eigenvalue weighted by molar-refractivity contribution is 0.576. The van der Waals surface area contributed by atoms with E-state index >= 15 is 0 Å². The number of aromatic nitrogens is 4. The number of para-hydroxylation sites is 1. The van der Waals surface area contributed by atoms with Gasteiger partial charge in [-0.05, 0) is 30.2 Å². The van der Waals surface area contributed by atoms with Gasteiger partial charge in [-0.1, -0.05) is 37.7 Å². The molecule has 0 amide bonds. The van der Waals surface area contributed by atoms with Crippen molar-refractivity contribution in [1.29, 1.82) is 0 Å². The van der Waals surface area contributed by atoms with Crippen molar-refractivity contribution in [2.24, 2.45) is 5.92 Å². The number of furan rings is 1. The number of fused-ring (bicyclic) bond motifs is 3. The highest BCUT2D eigenvalue weighted by molar-refractivity contribution is 7.99. The molecular weight excluding hydrogens is 308 g/mol. The molecule has 6 heteroatoms. The van der Waals surface area contributed by atoms with Gasteiger partial charge in [-0.2, -0.15) is 4.52 Å². The second-order valence-corrected chi connectivity index (χ2v) is 6.75. The van der Waals surface area contributed by atoms with E-state index in [2.05, 4.69) is 23.9 Å². The van der Waals surface area contributed by atoms with Crippen LogP contribution in [0.2, 0.25) is 0 Å². The van der Waals surface area contributed by atoms with Gasteiger partial charge in [0.15, 0.2) is 16.6 Å². The van der Waals surface area contributed by atoms with Crippen molar-refractivity contribution in [3.8, 4) is 11.6 Å². The Labute approximate surface area is 137 Å². The van der Waals surface area contributed by atoms with Gasteiger partial charge in [0.05, 0.1) is 11.8 Å². The molecule has 0 atom stereocenters. The second-order valence-electron chi connectivity index (χ2n) is 5.76. The molecule has 23 heavy (non-hydrogen) atoms. The van der Waals surface area contributed by atoms with Crippen LogP contribution in [0.25, 0.3) is 28.1 Å². The van der Waals surface area contributed by atoms with E-state index in [1.807, 2.05) is 40.9 Å². The Morgan fingerprint density at radius 1 is 1.13 bits per heavy atom. The summed E-state index contributed by atoms with van der Waals surface area (Å²) < 4.78 is 7.26. The first-order chi connectivity index (χ1) is 11.2. The molecule has 1 aromatic carbocycles. The Kier molecular flexibility index (Phi) is 3.53. The third kappa shape index (κ3) is 2.59. The molecule has 0 aliphatic heterocycles. The minimum Gasteiger partial charge on any atom is -0.461 e. The summed E-state index contributed by atoms with van der Waals surface area (Å²) in [6.07, 6.45) is 1.63. The lowest BCUT2D eigenvalue weighted by Crippen LogP contribution is -2.00. The Morgan fingerprint density at radius 2 is 2.00 bits per heavy atom. The van der Waals surface area contributed by atoms with Gasteiger partial charge in [-0.3, -0.25) is 0 Å². The summed E-state index contributed by atoms with van der Waals surface area (Å²) in [5.41, 5.74) is 1.75. The van der Waals surface area contributed by atoms with E-state index in [1.165, 1.54) is 0 Å². The van der Waals surface area contributed by atoms with Crippen LogP contribution in [0.15, 0.2) is 52.2 Å². The minimum absolute atomic E-state index is 0.580. The van der Waals surface area contributed by atoms with E-state index in [9.17, 15) is 0 Å². The number of hydrogen-bond acceptors (Lipinski definition) is 5. The smallest absolute Gasteiger partial charge is 0.218 e. The van der Waals surface area contributed by atoms with Crippen LogP contribution >= 0.6 is 11.8 Å². The number of rotatable bonds is 4. The zero-order valence-electron chi connectivity index (χ0n) is 12.9. The van der Waals surface area contributed by atoms with Crippen molar-refractivity contribution >= 4 is 28.3 Å². The standard InChI is InChI=1S/C17H16N4OS/c1-11(2)10-23-17-18-13-7-4-3-6-12(13)16-19-15(20-21(16)17)14-8-5-9-22-14/h3-9,11H,10H2,1-2H3. The molecule has 4 rings (SSSR count). The molecule has 0 spiro atoms. The van der Waals surface area contributed by atoms with Crippen LogP contribution in [0.3, 0.4) is 0 Å². The number of benzene rings is 1. The Hall–Kier alpha value is -2.34. The fraction of sp³-hybridized carbons (Fsp3) is 0.235. The van der Waals surface area contributed by atoms with Crippen molar-refractivity contribution in [3.05, 3.63) is 42.7 Å². The highest BCUT2D eigenvalue weighted by Gasteiger charge is 2.16. The Morgan fingerprint density at radius 3 is 2.78 bits per heavy atom. The van der Waals surface area contributed by atoms with Crippen molar-refractivity contribution in [1.82, 2.24) is 19.6 Å². The molecule has 0 fully saturated rings. The van der Waals surface area contributed by atoms with E-state index in [0.717, 1.165) is 27.5 Å². The van der Waals surface area contributed by atoms with E-state index in [-0.39, 0.29) is 0 Å². The fourth-order valence-corrected chi connectivity index (χ4v) is 3.27. The maximum absolute atomic E-state index is 5.43. The van der Waals surface area contributed by atoms with Crippen LogP contribution in [0, 0.1) is 5.92 Å². The van der Waals surface area contributed by atoms with Crippen LogP contribution in [-0.4, -0.2) is 25.3 Å². The van der Waals surface area contributed by atoms with Crippen molar-refractivity contribution < 1.29 is 4.42 Å². The lowest BCUT2D eigenvalue weighted by Gasteiger charge is -2.07. The van der Waals surface area contributed by atoms with Gasteiger partial charge in [-0.15, -0.1) is 5.10 Å². The molecule has 4 aromatic rings. The molecule has 0 unspecified atom stereocenters. The molecule has 0 radical (unpaired) electrons. The van der Waals surface area contributed by atoms with Crippen LogP contribution in [0.4, 0.5) is 0 Å². The van der Waals surface area contributed by atoms with Gasteiger partial charge in [0, 0.05) is 11.1 Å². The normalized spacial score (nSPS) is 11.8. The van der Waals surface area contributed by atoms with Crippen LogP contribution < -0.4 is 0 Å². The largest absolute Gasteiger partial charge is 0.461 e. The molecule has 0 aliphatic rings. The monoisotopic (exact) mass is 324 g/mol. The van der Waals surface area contributed by atoms with E-state index in [4.69, 9.17) is 9.40 Å². The molecule has 3 heterocycles. The zero-order valence-corrected chi connectivity index (χ0v) is 13.7. The quantitative estimate of drug-likeness (QED) is 0.414. The van der Waals surface area contributed by atoms with E-state index in [1.54, 1.807) is 18.0 Å². The van der Waals surface area contributed by atoms with Crippen LogP contribution in [0.5, 0.6) is 0 Å². The topological polar surface area (TPSA) is 56.2 Å². The van der Waals surface area contributed by atoms with Gasteiger partial charge < -0.3 is 4.42 Å². The van der Waals surface area contributed by atoms with E-state index < -0.39 is 0 Å². The number of thioether (sulfide) groups is 1. The molecule has 0 N–H and O–H groups in total. The average molecular weight is 324 g/mol. The third-order valence-electron chi connectivity index (χ3n) is 3.44. The summed E-state index contributed by atoms with van der Waals surface area (Å²) in [5, 5.41) is 6.46. The van der Waals surface area contributed by atoms with Gasteiger partial charge in [0.25, 0.3) is 0 Å². The predicted octanol–water partition coefficient (Wildman–Crippen LogP) is 4.29. The first-order valence-electron chi connectivity index (χ1n) is 7.54. The zero-order chi connectivity index (χ0) is 15.8. The summed E-state index contributed by atoms with van der Waals surface area (Å²) in [4.78, 5) is 9.44. The van der Waals surface area contributed by atoms with Gasteiger partial charge in [0.1, 0.15) is 0 Å². The maximum atomic E-state index is 5.43. The maximum Gasteiger partial charge on any atom is 0.218 e. The first-order valence-corrected chi connectivity index (χ1v) is 8.53. The summed E-state index contributed by atoms with van der Waals surface area (Å²) >= 11 is 1.70. The number of nitrogens with zero attached hydrogens (tertiary/aromatic N) is 4. The summed E-state index contributed by atoms with van der Waals surface area (Å²) in [6.45, 7) is 4.39. The van der Waals surface area contributed by atoms with Crippen LogP contribution in [-0.2, 0) is 0 Å². The van der Waals surface area contributed by atoms with Gasteiger partial charge >= 0.3 is 0 Å². The van der Waals surface area contributed by atoms with Crippen LogP contribution in [0.1, 0.15) is 13.8 Å². The number of hydrogen-bond donors (Lipinski definition) is 0. The SMILES string of the molecule is CC(C)CSc1nc2ccccc2c2nc(-c3ccco3)nn12. The summed E-state index contributed by atoms with van der Waals surface area (Å²) in [5.74, 6) is 2.81. The van der Waals surface area contributed by atoms with Crippen molar-refractivity contribution in [2.75, 3.05) is 5.75 Å². The summed E-state index contributed by atoms with van der Waals surface area (Å²) in [6, 6.07) is 11.7. The van der Waals surface area contributed by atoms with Gasteiger partial charge in [0.2, 0.25) is 5.82 Å². The average Bonchev–Trinajstić information content (AvgIpc) is 3.21. The predicted molar refractivity (Wildman–Crippen MR) is 91.6 cm³/mol. The molecule has 116 valence electrons. The summed E-state index contributed by atoms with van der Waals surface area (Å²) in [7, 11) is 0. The van der Waals surface area contributed by atoms with E-state index in [0.29, 0.717) is 17.5 Å². The minimum atomic E-state index is 0.580. The lowest BCUT2D eigenvalue weighted by atomic mass is 10.2. The Bertz CT molecular complexity index is 959. The third-order valence-corrected chi connectivity index (χ3v) is 4.79. The van der Waals surface area contributed by atoms with Gasteiger partial charge in [-0.25, -0.2) is 9.97 Å². The second kappa shape index (κ2) is 5.70. The van der Waals surface area contributed by atoms with Crippen molar-refractivity contribution in [2.45, 2.75) is 19.0 Å². The molecular formula is C17H16N4OS. The molecule has 5 nitrogen and oxygen atoms in total. The molecule has 3 aromatic heterocycles. The highest BCUT2D eigenvalue weighted by Crippen LogP contribution is 2.27. The Balaban J connectivity index is 1.95. The molecule has 0 saturated carbocycles. The molecule has 0 aliphatic carbocycles. The fourth-order valence-electron chi connectivity index (χ4n) is 2.38. The van der Waals surface area contributed by atoms with Crippen molar-refractivity contribution in [3.63, 3.8) is 0 Å². The first kappa shape index (κ1) is 14.3. The molecule has 0 saturated heterocycles. The highest BCUT2D eigenvalue weighted by atomic mass is 32.2.